The summed E-state index contributed by atoms with van der Waals surface area (Å²) >= 11 is 0. The van der Waals surface area contributed by atoms with Gasteiger partial charge in [-0.1, -0.05) is 19.1 Å². The number of nitrogens with zero attached hydrogens (tertiary/aromatic N) is 5. The Bertz CT molecular complexity index is 818. The normalized spacial score (nSPS) is 18.6. The fourth-order valence-electron chi connectivity index (χ4n) is 4.30. The number of piperazine rings is 1. The van der Waals surface area contributed by atoms with Crippen LogP contribution in [0.5, 0.6) is 0 Å². The van der Waals surface area contributed by atoms with Gasteiger partial charge < -0.3 is 14.7 Å². The number of hydrogen-bond donors (Lipinski definition) is 0. The molecule has 0 amide bonds. The summed E-state index contributed by atoms with van der Waals surface area (Å²) in [6.45, 7) is 15.0. The van der Waals surface area contributed by atoms with Crippen LogP contribution in [0.4, 0.5) is 17.5 Å². The molecular formula is C23H33N5. The van der Waals surface area contributed by atoms with Gasteiger partial charge in [0.15, 0.2) is 0 Å². The third kappa shape index (κ3) is 3.94. The molecule has 5 heteroatoms. The van der Waals surface area contributed by atoms with Gasteiger partial charge in [-0.25, -0.2) is 4.98 Å². The Kier molecular flexibility index (Phi) is 5.42. The summed E-state index contributed by atoms with van der Waals surface area (Å²) < 4.78 is 0. The van der Waals surface area contributed by atoms with Crippen LogP contribution in [-0.4, -0.2) is 49.2 Å². The van der Waals surface area contributed by atoms with Crippen molar-refractivity contribution in [3.05, 3.63) is 41.1 Å². The van der Waals surface area contributed by atoms with E-state index < -0.39 is 0 Å². The molecule has 1 aromatic heterocycles. The maximum atomic E-state index is 4.96. The van der Waals surface area contributed by atoms with Crippen molar-refractivity contribution in [3.63, 3.8) is 0 Å². The van der Waals surface area contributed by atoms with Gasteiger partial charge in [0.05, 0.1) is 0 Å². The molecule has 28 heavy (non-hydrogen) atoms. The van der Waals surface area contributed by atoms with Crippen LogP contribution in [0.1, 0.15) is 36.6 Å². The molecule has 2 fully saturated rings. The van der Waals surface area contributed by atoms with E-state index in [9.17, 15) is 0 Å². The lowest BCUT2D eigenvalue weighted by atomic mass is 9.99. The summed E-state index contributed by atoms with van der Waals surface area (Å²) in [7, 11) is 0. The number of benzene rings is 1. The van der Waals surface area contributed by atoms with E-state index >= 15 is 0 Å². The van der Waals surface area contributed by atoms with Gasteiger partial charge in [-0.3, -0.25) is 0 Å². The first-order chi connectivity index (χ1) is 13.5. The van der Waals surface area contributed by atoms with Crippen LogP contribution in [0.3, 0.4) is 0 Å². The molecule has 3 heterocycles. The number of piperidine rings is 1. The first-order valence-electron chi connectivity index (χ1n) is 10.7. The van der Waals surface area contributed by atoms with Crippen molar-refractivity contribution in [1.29, 1.82) is 0 Å². The van der Waals surface area contributed by atoms with E-state index in [1.54, 1.807) is 0 Å². The number of rotatable bonds is 3. The summed E-state index contributed by atoms with van der Waals surface area (Å²) in [5.74, 6) is 2.83. The summed E-state index contributed by atoms with van der Waals surface area (Å²) in [6, 6.07) is 8.75. The molecule has 2 aliphatic rings. The monoisotopic (exact) mass is 379 g/mol. The van der Waals surface area contributed by atoms with Crippen LogP contribution in [0.25, 0.3) is 0 Å². The Hall–Kier alpha value is -2.30. The van der Waals surface area contributed by atoms with Crippen LogP contribution < -0.4 is 14.7 Å². The molecule has 0 bridgehead atoms. The van der Waals surface area contributed by atoms with E-state index in [1.165, 1.54) is 29.7 Å². The average Bonchev–Trinajstić information content (AvgIpc) is 2.70. The summed E-state index contributed by atoms with van der Waals surface area (Å²) in [4.78, 5) is 17.0. The Morgan fingerprint density at radius 1 is 0.821 bits per heavy atom. The number of aryl methyl sites for hydroxylation is 2. The van der Waals surface area contributed by atoms with Gasteiger partial charge in [0.2, 0.25) is 5.95 Å². The van der Waals surface area contributed by atoms with Crippen molar-refractivity contribution < 1.29 is 0 Å². The third-order valence-electron chi connectivity index (χ3n) is 6.42. The minimum absolute atomic E-state index is 0.830. The molecule has 5 nitrogen and oxygen atoms in total. The smallest absolute Gasteiger partial charge is 0.227 e. The minimum Gasteiger partial charge on any atom is -0.368 e. The molecule has 1 aromatic carbocycles. The highest BCUT2D eigenvalue weighted by molar-refractivity contribution is 5.57. The fraction of sp³-hybridized carbons (Fsp3) is 0.565. The molecule has 2 saturated heterocycles. The standard InChI is InChI=1S/C23H33N5/c1-17-8-10-27(11-9-17)22-16-19(3)24-23(25-22)28-14-12-26(13-15-28)21-7-5-6-18(2)20(21)4/h5-7,16-17H,8-15H2,1-4H3. The molecule has 2 aliphatic heterocycles. The van der Waals surface area contributed by atoms with Gasteiger partial charge in [0, 0.05) is 56.7 Å². The van der Waals surface area contributed by atoms with E-state index in [0.717, 1.165) is 62.6 Å². The van der Waals surface area contributed by atoms with Gasteiger partial charge in [0.1, 0.15) is 5.82 Å². The first-order valence-corrected chi connectivity index (χ1v) is 10.7. The Balaban J connectivity index is 1.46. The van der Waals surface area contributed by atoms with Gasteiger partial charge >= 0.3 is 0 Å². The summed E-state index contributed by atoms with van der Waals surface area (Å²) in [5, 5.41) is 0. The summed E-state index contributed by atoms with van der Waals surface area (Å²) in [6.07, 6.45) is 2.51. The molecule has 0 saturated carbocycles. The molecule has 150 valence electrons. The molecule has 0 atom stereocenters. The van der Waals surface area contributed by atoms with Crippen molar-refractivity contribution in [2.75, 3.05) is 54.0 Å². The van der Waals surface area contributed by atoms with Crippen molar-refractivity contribution in [2.45, 2.75) is 40.5 Å². The number of hydrogen-bond acceptors (Lipinski definition) is 5. The Morgan fingerprint density at radius 3 is 2.21 bits per heavy atom. The average molecular weight is 380 g/mol. The quantitative estimate of drug-likeness (QED) is 0.806. The molecule has 0 aliphatic carbocycles. The van der Waals surface area contributed by atoms with Crippen molar-refractivity contribution in [3.8, 4) is 0 Å². The SMILES string of the molecule is Cc1cc(N2CCC(C)CC2)nc(N2CCN(c3cccc(C)c3C)CC2)n1. The van der Waals surface area contributed by atoms with Gasteiger partial charge in [-0.05, 0) is 56.7 Å². The Morgan fingerprint density at radius 2 is 1.50 bits per heavy atom. The molecule has 0 unspecified atom stereocenters. The van der Waals surface area contributed by atoms with Crippen LogP contribution in [0.15, 0.2) is 24.3 Å². The summed E-state index contributed by atoms with van der Waals surface area (Å²) in [5.41, 5.74) is 5.19. The molecular weight excluding hydrogens is 346 g/mol. The van der Waals surface area contributed by atoms with Crippen molar-refractivity contribution in [2.24, 2.45) is 5.92 Å². The molecule has 0 spiro atoms. The molecule has 2 aromatic rings. The lowest BCUT2D eigenvalue weighted by Gasteiger charge is -2.37. The van der Waals surface area contributed by atoms with Gasteiger partial charge in [0.25, 0.3) is 0 Å². The van der Waals surface area contributed by atoms with Gasteiger partial charge in [-0.15, -0.1) is 0 Å². The van der Waals surface area contributed by atoms with E-state index in [0.29, 0.717) is 0 Å². The second kappa shape index (κ2) is 7.98. The zero-order valence-electron chi connectivity index (χ0n) is 17.8. The zero-order valence-corrected chi connectivity index (χ0v) is 17.8. The maximum Gasteiger partial charge on any atom is 0.227 e. The predicted octanol–water partition coefficient (Wildman–Crippen LogP) is 3.96. The highest BCUT2D eigenvalue weighted by Crippen LogP contribution is 2.26. The second-order valence-electron chi connectivity index (χ2n) is 8.53. The number of anilines is 3. The number of aromatic nitrogens is 2. The molecule has 4 rings (SSSR count). The van der Waals surface area contributed by atoms with Crippen molar-refractivity contribution in [1.82, 2.24) is 9.97 Å². The van der Waals surface area contributed by atoms with Crippen LogP contribution in [-0.2, 0) is 0 Å². The van der Waals surface area contributed by atoms with Crippen LogP contribution in [0, 0.1) is 26.7 Å². The minimum atomic E-state index is 0.830. The van der Waals surface area contributed by atoms with Gasteiger partial charge in [-0.2, -0.15) is 4.98 Å². The van der Waals surface area contributed by atoms with Crippen LogP contribution in [0.2, 0.25) is 0 Å². The highest BCUT2D eigenvalue weighted by atomic mass is 15.3. The lowest BCUT2D eigenvalue weighted by Crippen LogP contribution is -2.47. The first kappa shape index (κ1) is 19.0. The topological polar surface area (TPSA) is 35.5 Å². The fourth-order valence-corrected chi connectivity index (χ4v) is 4.30. The lowest BCUT2D eigenvalue weighted by molar-refractivity contribution is 0.436. The third-order valence-corrected chi connectivity index (χ3v) is 6.42. The van der Waals surface area contributed by atoms with E-state index in [-0.39, 0.29) is 0 Å². The second-order valence-corrected chi connectivity index (χ2v) is 8.53. The Labute approximate surface area is 169 Å². The molecule has 0 N–H and O–H groups in total. The maximum absolute atomic E-state index is 4.96. The zero-order chi connectivity index (χ0) is 19.7. The van der Waals surface area contributed by atoms with E-state index in [4.69, 9.17) is 9.97 Å². The van der Waals surface area contributed by atoms with Crippen molar-refractivity contribution >= 4 is 17.5 Å². The van der Waals surface area contributed by atoms with Crippen LogP contribution >= 0.6 is 0 Å². The van der Waals surface area contributed by atoms with E-state index in [1.807, 2.05) is 0 Å². The molecule has 0 radical (unpaired) electrons. The van der Waals surface area contributed by atoms with E-state index in [2.05, 4.69) is 66.7 Å². The largest absolute Gasteiger partial charge is 0.368 e. The highest BCUT2D eigenvalue weighted by Gasteiger charge is 2.23. The predicted molar refractivity (Wildman–Crippen MR) is 118 cm³/mol.